The van der Waals surface area contributed by atoms with Crippen LogP contribution < -0.4 is 20.3 Å². The summed E-state index contributed by atoms with van der Waals surface area (Å²) in [5, 5.41) is 0. The molecule has 2 atom stereocenters. The molecule has 0 aliphatic carbocycles. The number of carbonyl (C=O) groups is 2. The van der Waals surface area contributed by atoms with Gasteiger partial charge in [-0.3, -0.25) is 14.5 Å². The van der Waals surface area contributed by atoms with Crippen LogP contribution in [0.4, 0.5) is 5.69 Å². The molecule has 1 aromatic carbocycles. The lowest BCUT2D eigenvalue weighted by Gasteiger charge is -2.42. The Morgan fingerprint density at radius 1 is 1.36 bits per heavy atom. The van der Waals surface area contributed by atoms with Crippen LogP contribution in [0.15, 0.2) is 24.3 Å². The van der Waals surface area contributed by atoms with Crippen LogP contribution >= 0.6 is 0 Å². The SMILES string of the molecule is CCOc1ccc2c(c1)C(C)=CC(C)(C)N2C(=O)C[NH+]1CCC[C@H](C(N)=O)C1. The number of benzene rings is 1. The number of quaternary nitrogens is 1. The molecule has 6 heteroatoms. The van der Waals surface area contributed by atoms with Crippen LogP contribution in [-0.2, 0) is 9.59 Å². The first-order valence-electron chi connectivity index (χ1n) is 10.2. The summed E-state index contributed by atoms with van der Waals surface area (Å²) in [6.07, 6.45) is 3.89. The number of rotatable bonds is 5. The third-order valence-electron chi connectivity index (χ3n) is 5.76. The normalized spacial score (nSPS) is 23.6. The summed E-state index contributed by atoms with van der Waals surface area (Å²) in [7, 11) is 0. The van der Waals surface area contributed by atoms with Gasteiger partial charge in [0.2, 0.25) is 5.91 Å². The predicted octanol–water partition coefficient (Wildman–Crippen LogP) is 1.39. The van der Waals surface area contributed by atoms with Crippen LogP contribution in [0.3, 0.4) is 0 Å². The number of carbonyl (C=O) groups excluding carboxylic acids is 2. The van der Waals surface area contributed by atoms with Gasteiger partial charge in [-0.2, -0.15) is 0 Å². The van der Waals surface area contributed by atoms with Gasteiger partial charge in [0.25, 0.3) is 5.91 Å². The van der Waals surface area contributed by atoms with E-state index in [1.165, 1.54) is 0 Å². The van der Waals surface area contributed by atoms with Crippen molar-refractivity contribution in [3.8, 4) is 5.75 Å². The first kappa shape index (κ1) is 20.4. The van der Waals surface area contributed by atoms with E-state index in [1.807, 2.05) is 30.0 Å². The molecule has 2 heterocycles. The maximum Gasteiger partial charge on any atom is 0.282 e. The maximum atomic E-state index is 13.4. The zero-order valence-electron chi connectivity index (χ0n) is 17.4. The minimum absolute atomic E-state index is 0.0688. The number of nitrogens with zero attached hydrogens (tertiary/aromatic N) is 1. The molecular formula is C22H32N3O3+. The highest BCUT2D eigenvalue weighted by Gasteiger charge is 2.38. The van der Waals surface area contributed by atoms with Gasteiger partial charge in [0, 0.05) is 5.56 Å². The number of nitrogens with two attached hydrogens (primary N) is 1. The van der Waals surface area contributed by atoms with Crippen molar-refractivity contribution in [2.75, 3.05) is 31.1 Å². The molecule has 2 amide bonds. The molecule has 3 rings (SSSR count). The Hall–Kier alpha value is -2.34. The van der Waals surface area contributed by atoms with Crippen molar-refractivity contribution in [1.29, 1.82) is 0 Å². The summed E-state index contributed by atoms with van der Waals surface area (Å²) in [6.45, 7) is 10.7. The number of ether oxygens (including phenoxy) is 1. The van der Waals surface area contributed by atoms with Crippen molar-refractivity contribution >= 4 is 23.1 Å². The molecule has 28 heavy (non-hydrogen) atoms. The van der Waals surface area contributed by atoms with E-state index in [0.29, 0.717) is 19.7 Å². The van der Waals surface area contributed by atoms with Gasteiger partial charge in [-0.25, -0.2) is 0 Å². The van der Waals surface area contributed by atoms with Crippen molar-refractivity contribution in [1.82, 2.24) is 0 Å². The molecule has 0 aromatic heterocycles. The fourth-order valence-electron chi connectivity index (χ4n) is 4.57. The standard InChI is InChI=1S/C22H31N3O3/c1-5-28-17-8-9-19-18(11-17)15(2)12-22(3,4)25(19)20(26)14-24-10-6-7-16(13-24)21(23)27/h8-9,11-12,16H,5-7,10,13-14H2,1-4H3,(H2,23,27)/p+1/t16-/m0/s1. The number of anilines is 1. The molecular weight excluding hydrogens is 354 g/mol. The highest BCUT2D eigenvalue weighted by molar-refractivity contribution is 6.01. The molecule has 0 radical (unpaired) electrons. The number of primary amides is 1. The first-order valence-corrected chi connectivity index (χ1v) is 10.2. The second-order valence-electron chi connectivity index (χ2n) is 8.44. The van der Waals surface area contributed by atoms with E-state index < -0.39 is 5.54 Å². The number of amides is 2. The van der Waals surface area contributed by atoms with Gasteiger partial charge in [0.05, 0.1) is 36.8 Å². The molecule has 1 fully saturated rings. The van der Waals surface area contributed by atoms with Gasteiger partial charge in [0.1, 0.15) is 5.75 Å². The number of allylic oxidation sites excluding steroid dienone is 1. The molecule has 0 spiro atoms. The van der Waals surface area contributed by atoms with Gasteiger partial charge in [-0.1, -0.05) is 6.08 Å². The number of nitrogens with one attached hydrogen (secondary N) is 1. The summed E-state index contributed by atoms with van der Waals surface area (Å²) < 4.78 is 5.65. The lowest BCUT2D eigenvalue weighted by atomic mass is 9.88. The van der Waals surface area contributed by atoms with Crippen molar-refractivity contribution in [3.63, 3.8) is 0 Å². The highest BCUT2D eigenvalue weighted by atomic mass is 16.5. The maximum absolute atomic E-state index is 13.4. The Balaban J connectivity index is 1.86. The molecule has 152 valence electrons. The number of hydrogen-bond acceptors (Lipinski definition) is 3. The van der Waals surface area contributed by atoms with Gasteiger partial charge >= 0.3 is 0 Å². The van der Waals surface area contributed by atoms with E-state index in [4.69, 9.17) is 10.5 Å². The van der Waals surface area contributed by atoms with E-state index in [2.05, 4.69) is 26.8 Å². The summed E-state index contributed by atoms with van der Waals surface area (Å²) in [5.74, 6) is 0.496. The smallest absolute Gasteiger partial charge is 0.282 e. The topological polar surface area (TPSA) is 77.1 Å². The minimum Gasteiger partial charge on any atom is -0.494 e. The number of likely N-dealkylation sites (tertiary alicyclic amines) is 1. The molecule has 2 aliphatic heterocycles. The Morgan fingerprint density at radius 2 is 2.11 bits per heavy atom. The van der Waals surface area contributed by atoms with E-state index in [9.17, 15) is 9.59 Å². The summed E-state index contributed by atoms with van der Waals surface area (Å²) in [4.78, 5) is 28.0. The van der Waals surface area contributed by atoms with Gasteiger partial charge in [-0.05, 0) is 64.3 Å². The second kappa shape index (κ2) is 7.95. The largest absolute Gasteiger partial charge is 0.494 e. The van der Waals surface area contributed by atoms with Gasteiger partial charge in [-0.15, -0.1) is 0 Å². The van der Waals surface area contributed by atoms with Crippen LogP contribution in [0, 0.1) is 5.92 Å². The molecule has 0 saturated carbocycles. The van der Waals surface area contributed by atoms with Crippen molar-refractivity contribution in [3.05, 3.63) is 29.8 Å². The quantitative estimate of drug-likeness (QED) is 0.803. The van der Waals surface area contributed by atoms with Crippen LogP contribution in [0.2, 0.25) is 0 Å². The van der Waals surface area contributed by atoms with Crippen molar-refractivity contribution < 1.29 is 19.2 Å². The average molecular weight is 387 g/mol. The Kier molecular flexibility index (Phi) is 5.79. The van der Waals surface area contributed by atoms with E-state index in [0.717, 1.165) is 46.9 Å². The fraction of sp³-hybridized carbons (Fsp3) is 0.545. The average Bonchev–Trinajstić information content (AvgIpc) is 2.62. The minimum atomic E-state index is -0.417. The molecule has 6 nitrogen and oxygen atoms in total. The molecule has 2 aliphatic rings. The van der Waals surface area contributed by atoms with Gasteiger partial charge < -0.3 is 15.4 Å². The van der Waals surface area contributed by atoms with E-state index in [1.54, 1.807) is 0 Å². The number of fused-ring (bicyclic) bond motifs is 1. The van der Waals surface area contributed by atoms with E-state index in [-0.39, 0.29) is 17.7 Å². The zero-order valence-corrected chi connectivity index (χ0v) is 17.4. The molecule has 1 saturated heterocycles. The van der Waals surface area contributed by atoms with E-state index >= 15 is 0 Å². The summed E-state index contributed by atoms with van der Waals surface area (Å²) in [6, 6.07) is 5.92. The Labute approximate surface area is 167 Å². The lowest BCUT2D eigenvalue weighted by molar-refractivity contribution is -0.899. The zero-order chi connectivity index (χ0) is 20.5. The summed E-state index contributed by atoms with van der Waals surface area (Å²) in [5.41, 5.74) is 8.17. The fourth-order valence-corrected chi connectivity index (χ4v) is 4.57. The van der Waals surface area contributed by atoms with Crippen LogP contribution in [0.5, 0.6) is 5.75 Å². The van der Waals surface area contributed by atoms with Crippen molar-refractivity contribution in [2.45, 2.75) is 46.1 Å². The Bertz CT molecular complexity index is 800. The monoisotopic (exact) mass is 386 g/mol. The molecule has 1 aromatic rings. The third kappa shape index (κ3) is 4.07. The predicted molar refractivity (Wildman–Crippen MR) is 110 cm³/mol. The first-order chi connectivity index (χ1) is 13.2. The summed E-state index contributed by atoms with van der Waals surface area (Å²) >= 11 is 0. The third-order valence-corrected chi connectivity index (χ3v) is 5.76. The second-order valence-corrected chi connectivity index (χ2v) is 8.44. The lowest BCUT2D eigenvalue weighted by Crippen LogP contribution is -3.15. The Morgan fingerprint density at radius 3 is 2.79 bits per heavy atom. The molecule has 0 bridgehead atoms. The number of piperidine rings is 1. The number of hydrogen-bond donors (Lipinski definition) is 2. The highest BCUT2D eigenvalue weighted by Crippen LogP contribution is 2.40. The van der Waals surface area contributed by atoms with Crippen LogP contribution in [0.25, 0.3) is 5.57 Å². The van der Waals surface area contributed by atoms with Crippen LogP contribution in [0.1, 0.15) is 46.1 Å². The van der Waals surface area contributed by atoms with Crippen molar-refractivity contribution in [2.24, 2.45) is 11.7 Å². The molecule has 3 N–H and O–H groups in total. The molecule has 1 unspecified atom stereocenters. The van der Waals surface area contributed by atoms with Gasteiger partial charge in [0.15, 0.2) is 6.54 Å². The van der Waals surface area contributed by atoms with Crippen LogP contribution in [-0.4, -0.2) is 43.6 Å².